The number of ether oxygens (including phenoxy) is 1. The summed E-state index contributed by atoms with van der Waals surface area (Å²) < 4.78 is 31.1. The molecule has 1 amide bonds. The van der Waals surface area contributed by atoms with Gasteiger partial charge in [0.25, 0.3) is 5.91 Å². The third kappa shape index (κ3) is 4.06. The largest absolute Gasteiger partial charge is 0.384 e. The first-order valence-electron chi connectivity index (χ1n) is 7.64. The van der Waals surface area contributed by atoms with Crippen molar-refractivity contribution in [2.75, 3.05) is 24.8 Å². The zero-order valence-electron chi connectivity index (χ0n) is 14.0. The zero-order valence-corrected chi connectivity index (χ0v) is 16.3. The Balaban J connectivity index is 1.95. The van der Waals surface area contributed by atoms with Crippen LogP contribution in [-0.2, 0) is 14.6 Å². The second-order valence-corrected chi connectivity index (χ2v) is 8.34. The highest BCUT2D eigenvalue weighted by molar-refractivity contribution is 7.91. The number of aromatic nitrogens is 3. The van der Waals surface area contributed by atoms with Gasteiger partial charge in [0.05, 0.1) is 57.1 Å². The lowest BCUT2D eigenvalue weighted by molar-refractivity contribution is 0.102. The molecular formula is C16H14Cl2N4O4S. The lowest BCUT2D eigenvalue weighted by atomic mass is 10.2. The van der Waals surface area contributed by atoms with Gasteiger partial charge in [0, 0.05) is 13.2 Å². The van der Waals surface area contributed by atoms with Gasteiger partial charge in [0.1, 0.15) is 0 Å². The first kappa shape index (κ1) is 19.6. The van der Waals surface area contributed by atoms with Gasteiger partial charge in [-0.25, -0.2) is 17.9 Å². The van der Waals surface area contributed by atoms with Crippen LogP contribution in [0.4, 0.5) is 5.69 Å². The van der Waals surface area contributed by atoms with E-state index in [9.17, 15) is 13.2 Å². The highest BCUT2D eigenvalue weighted by Gasteiger charge is 2.25. The van der Waals surface area contributed by atoms with Crippen LogP contribution in [0.5, 0.6) is 0 Å². The molecule has 0 saturated heterocycles. The van der Waals surface area contributed by atoms with Crippen LogP contribution in [0.25, 0.3) is 5.65 Å². The number of hydrogen-bond acceptors (Lipinski definition) is 6. The van der Waals surface area contributed by atoms with E-state index in [1.165, 1.54) is 30.0 Å². The molecule has 8 nitrogen and oxygen atoms in total. The Morgan fingerprint density at radius 1 is 1.30 bits per heavy atom. The summed E-state index contributed by atoms with van der Waals surface area (Å²) in [5.74, 6) is -0.937. The van der Waals surface area contributed by atoms with Crippen molar-refractivity contribution in [2.24, 2.45) is 0 Å². The van der Waals surface area contributed by atoms with Crippen LogP contribution in [0.3, 0.4) is 0 Å². The van der Waals surface area contributed by atoms with E-state index in [1.54, 1.807) is 18.5 Å². The van der Waals surface area contributed by atoms with Crippen LogP contribution >= 0.6 is 23.2 Å². The van der Waals surface area contributed by atoms with Crippen LogP contribution in [0, 0.1) is 0 Å². The number of anilines is 1. The molecule has 27 heavy (non-hydrogen) atoms. The topological polar surface area (TPSA) is 103 Å². The van der Waals surface area contributed by atoms with E-state index >= 15 is 0 Å². The SMILES string of the molecule is COCCS(=O)(=O)c1ccc(Cl)c(C(=O)Nc2cnc3ccnn3c2)c1Cl. The number of benzene rings is 1. The van der Waals surface area contributed by atoms with E-state index in [0.717, 1.165) is 0 Å². The van der Waals surface area contributed by atoms with E-state index in [4.69, 9.17) is 27.9 Å². The number of hydrogen-bond donors (Lipinski definition) is 1. The van der Waals surface area contributed by atoms with Crippen molar-refractivity contribution in [1.29, 1.82) is 0 Å². The fourth-order valence-corrected chi connectivity index (χ4v) is 4.50. The number of sulfone groups is 1. The number of carbonyl (C=O) groups excluding carboxylic acids is 1. The predicted octanol–water partition coefficient (Wildman–Crippen LogP) is 2.71. The standard InChI is InChI=1S/C16H14Cl2N4O4S/c1-26-6-7-27(24,25)12-3-2-11(17)14(15(12)18)16(23)21-10-8-19-13-4-5-20-22(13)9-10/h2-5,8-9H,6-7H2,1H3,(H,21,23). The monoisotopic (exact) mass is 428 g/mol. The third-order valence-corrected chi connectivity index (χ3v) is 6.21. The van der Waals surface area contributed by atoms with Crippen LogP contribution in [0.2, 0.25) is 10.0 Å². The summed E-state index contributed by atoms with van der Waals surface area (Å²) in [6.45, 7) is -0.00162. The smallest absolute Gasteiger partial charge is 0.258 e. The maximum atomic E-state index is 12.7. The van der Waals surface area contributed by atoms with Crippen molar-refractivity contribution in [2.45, 2.75) is 4.90 Å². The number of carbonyl (C=O) groups is 1. The summed E-state index contributed by atoms with van der Waals surface area (Å²) in [5, 5.41) is 6.40. The Hall–Kier alpha value is -2.20. The minimum absolute atomic E-state index is 0.00162. The fourth-order valence-electron chi connectivity index (χ4n) is 2.35. The van der Waals surface area contributed by atoms with Gasteiger partial charge in [-0.2, -0.15) is 5.10 Å². The summed E-state index contributed by atoms with van der Waals surface area (Å²) in [6, 6.07) is 4.29. The molecule has 0 unspecified atom stereocenters. The second-order valence-electron chi connectivity index (χ2n) is 5.48. The number of rotatable bonds is 6. The van der Waals surface area contributed by atoms with E-state index in [-0.39, 0.29) is 32.9 Å². The maximum Gasteiger partial charge on any atom is 0.258 e. The Morgan fingerprint density at radius 3 is 2.81 bits per heavy atom. The molecule has 3 rings (SSSR count). The molecule has 0 spiro atoms. The van der Waals surface area contributed by atoms with E-state index < -0.39 is 15.7 Å². The van der Waals surface area contributed by atoms with Crippen molar-refractivity contribution in [1.82, 2.24) is 14.6 Å². The molecule has 11 heteroatoms. The molecule has 0 atom stereocenters. The van der Waals surface area contributed by atoms with Crippen molar-refractivity contribution in [3.8, 4) is 0 Å². The molecule has 1 N–H and O–H groups in total. The van der Waals surface area contributed by atoms with Gasteiger partial charge in [-0.15, -0.1) is 0 Å². The van der Waals surface area contributed by atoms with Gasteiger partial charge in [-0.3, -0.25) is 4.79 Å². The quantitative estimate of drug-likeness (QED) is 0.647. The molecular weight excluding hydrogens is 415 g/mol. The molecule has 142 valence electrons. The Morgan fingerprint density at radius 2 is 2.07 bits per heavy atom. The van der Waals surface area contributed by atoms with Crippen molar-refractivity contribution in [3.05, 3.63) is 52.4 Å². The predicted molar refractivity (Wildman–Crippen MR) is 101 cm³/mol. The molecule has 1 aromatic carbocycles. The Kier molecular flexibility index (Phi) is 5.66. The zero-order chi connectivity index (χ0) is 19.6. The molecule has 2 aromatic heterocycles. The number of nitrogens with one attached hydrogen (secondary N) is 1. The van der Waals surface area contributed by atoms with Gasteiger partial charge in [-0.05, 0) is 12.1 Å². The highest BCUT2D eigenvalue weighted by Crippen LogP contribution is 2.32. The molecule has 0 bridgehead atoms. The van der Waals surface area contributed by atoms with Crippen LogP contribution in [0.1, 0.15) is 10.4 Å². The summed E-state index contributed by atoms with van der Waals surface area (Å²) in [6.07, 6.45) is 4.56. The van der Waals surface area contributed by atoms with Crippen LogP contribution in [-0.4, -0.2) is 48.4 Å². The molecule has 3 aromatic rings. The number of nitrogens with zero attached hydrogens (tertiary/aromatic N) is 3. The first-order chi connectivity index (χ1) is 12.8. The lowest BCUT2D eigenvalue weighted by Crippen LogP contribution is -2.17. The summed E-state index contributed by atoms with van der Waals surface area (Å²) in [5.41, 5.74) is 0.809. The molecule has 0 aliphatic carbocycles. The maximum absolute atomic E-state index is 12.7. The summed E-state index contributed by atoms with van der Waals surface area (Å²) in [7, 11) is -2.35. The lowest BCUT2D eigenvalue weighted by Gasteiger charge is -2.12. The van der Waals surface area contributed by atoms with Gasteiger partial charge in [0.2, 0.25) is 0 Å². The minimum Gasteiger partial charge on any atom is -0.384 e. The van der Waals surface area contributed by atoms with Gasteiger partial charge >= 0.3 is 0 Å². The van der Waals surface area contributed by atoms with Crippen molar-refractivity contribution in [3.63, 3.8) is 0 Å². The number of methoxy groups -OCH3 is 1. The third-order valence-electron chi connectivity index (χ3n) is 3.68. The Bertz CT molecular complexity index is 1110. The second kappa shape index (κ2) is 7.81. The van der Waals surface area contributed by atoms with Crippen molar-refractivity contribution >= 4 is 50.3 Å². The molecule has 0 saturated carbocycles. The minimum atomic E-state index is -3.74. The number of fused-ring (bicyclic) bond motifs is 1. The number of halogens is 2. The highest BCUT2D eigenvalue weighted by atomic mass is 35.5. The summed E-state index contributed by atoms with van der Waals surface area (Å²) in [4.78, 5) is 16.6. The molecule has 0 aliphatic rings. The molecule has 0 aliphatic heterocycles. The summed E-state index contributed by atoms with van der Waals surface area (Å²) >= 11 is 12.3. The van der Waals surface area contributed by atoms with E-state index in [1.807, 2.05) is 0 Å². The first-order valence-corrected chi connectivity index (χ1v) is 10.0. The van der Waals surface area contributed by atoms with E-state index in [0.29, 0.717) is 11.3 Å². The fraction of sp³-hybridized carbons (Fsp3) is 0.188. The van der Waals surface area contributed by atoms with E-state index in [2.05, 4.69) is 15.4 Å². The molecule has 2 heterocycles. The van der Waals surface area contributed by atoms with Crippen molar-refractivity contribution < 1.29 is 17.9 Å². The average Bonchev–Trinajstić information content (AvgIpc) is 3.07. The number of amides is 1. The Labute approximate surface area is 165 Å². The van der Waals surface area contributed by atoms with Crippen LogP contribution < -0.4 is 5.32 Å². The van der Waals surface area contributed by atoms with Gasteiger partial charge in [-0.1, -0.05) is 23.2 Å². The van der Waals surface area contributed by atoms with Gasteiger partial charge < -0.3 is 10.1 Å². The normalized spacial score (nSPS) is 11.7. The molecule has 0 fully saturated rings. The van der Waals surface area contributed by atoms with Gasteiger partial charge in [0.15, 0.2) is 15.5 Å². The van der Waals surface area contributed by atoms with Crippen LogP contribution in [0.15, 0.2) is 41.7 Å². The molecule has 0 radical (unpaired) electrons. The average molecular weight is 429 g/mol.